The number of nitrogens with one attached hydrogen (secondary N) is 1. The Morgan fingerprint density at radius 3 is 2.85 bits per heavy atom. The van der Waals surface area contributed by atoms with E-state index in [0.29, 0.717) is 9.77 Å². The molecule has 1 rings (SSSR count). The molecule has 2 nitrogen and oxygen atoms in total. The zero-order valence-electron chi connectivity index (χ0n) is 7.03. The van der Waals surface area contributed by atoms with Gasteiger partial charge in [-0.15, -0.1) is 12.6 Å². The maximum absolute atomic E-state index is 8.72. The highest BCUT2D eigenvalue weighted by molar-refractivity contribution is 8.11. The van der Waals surface area contributed by atoms with Crippen LogP contribution in [0, 0.1) is 18.3 Å². The molecule has 1 aromatic heterocycles. The summed E-state index contributed by atoms with van der Waals surface area (Å²) in [7, 11) is 0. The second-order valence-corrected chi connectivity index (χ2v) is 3.71. The third-order valence-electron chi connectivity index (χ3n) is 1.64. The quantitative estimate of drug-likeness (QED) is 0.339. The molecule has 0 aromatic carbocycles. The minimum atomic E-state index is 0.316. The van der Waals surface area contributed by atoms with Gasteiger partial charge in [-0.3, -0.25) is 0 Å². The Kier molecular flexibility index (Phi) is 3.29. The summed E-state index contributed by atoms with van der Waals surface area (Å²) >= 11 is 8.74. The average molecular weight is 208 g/mol. The number of H-pyrrole nitrogens is 1. The topological polar surface area (TPSA) is 39.6 Å². The van der Waals surface area contributed by atoms with Crippen molar-refractivity contribution in [3.63, 3.8) is 0 Å². The van der Waals surface area contributed by atoms with Crippen LogP contribution in [0.5, 0.6) is 0 Å². The molecule has 0 spiro atoms. The summed E-state index contributed by atoms with van der Waals surface area (Å²) in [6, 6.07) is 3.92. The van der Waals surface area contributed by atoms with Gasteiger partial charge in [0.2, 0.25) is 0 Å². The predicted octanol–water partition coefficient (Wildman–Crippen LogP) is 2.49. The molecule has 0 unspecified atom stereocenters. The van der Waals surface area contributed by atoms with E-state index in [0.717, 1.165) is 11.3 Å². The number of aromatic nitrogens is 1. The molecule has 0 fully saturated rings. The van der Waals surface area contributed by atoms with Crippen molar-refractivity contribution in [2.24, 2.45) is 0 Å². The maximum atomic E-state index is 8.72. The van der Waals surface area contributed by atoms with E-state index in [1.807, 2.05) is 25.3 Å². The zero-order chi connectivity index (χ0) is 9.84. The number of nitriles is 1. The molecule has 66 valence electrons. The average Bonchev–Trinajstić information content (AvgIpc) is 2.46. The molecular weight excluding hydrogens is 200 g/mol. The molecule has 0 atom stereocenters. The number of nitrogens with zero attached hydrogens (tertiary/aromatic N) is 1. The molecule has 0 radical (unpaired) electrons. The Bertz CT molecular complexity index is 396. The number of aryl methyl sites for hydroxylation is 1. The molecule has 4 heteroatoms. The van der Waals surface area contributed by atoms with E-state index < -0.39 is 0 Å². The molecule has 0 aliphatic heterocycles. The van der Waals surface area contributed by atoms with Crippen LogP contribution in [0.3, 0.4) is 0 Å². The van der Waals surface area contributed by atoms with Gasteiger partial charge in [-0.25, -0.2) is 0 Å². The van der Waals surface area contributed by atoms with Gasteiger partial charge in [0.25, 0.3) is 0 Å². The zero-order valence-corrected chi connectivity index (χ0v) is 8.75. The number of hydrogen-bond acceptors (Lipinski definition) is 2. The third kappa shape index (κ3) is 2.44. The Balaban J connectivity index is 3.07. The molecule has 0 bridgehead atoms. The van der Waals surface area contributed by atoms with Crippen LogP contribution in [0.1, 0.15) is 11.3 Å². The summed E-state index contributed by atoms with van der Waals surface area (Å²) in [5, 5.41) is 8.72. The Labute approximate surface area is 87.7 Å². The van der Waals surface area contributed by atoms with Crippen molar-refractivity contribution in [3.8, 4) is 6.07 Å². The van der Waals surface area contributed by atoms with E-state index in [9.17, 15) is 0 Å². The van der Waals surface area contributed by atoms with Crippen molar-refractivity contribution in [1.29, 1.82) is 5.26 Å². The smallest absolute Gasteiger partial charge is 0.101 e. The number of rotatable bonds is 2. The number of hydrogen-bond donors (Lipinski definition) is 2. The van der Waals surface area contributed by atoms with Gasteiger partial charge in [-0.1, -0.05) is 12.2 Å². The summed E-state index contributed by atoms with van der Waals surface area (Å²) in [6.07, 6.45) is 3.52. The van der Waals surface area contributed by atoms with Crippen LogP contribution in [0.15, 0.2) is 17.8 Å². The van der Waals surface area contributed by atoms with E-state index in [-0.39, 0.29) is 0 Å². The van der Waals surface area contributed by atoms with Gasteiger partial charge in [0.15, 0.2) is 0 Å². The first kappa shape index (κ1) is 10.0. The van der Waals surface area contributed by atoms with Crippen LogP contribution in [-0.2, 0) is 0 Å². The highest BCUT2D eigenvalue weighted by Gasteiger charge is 2.01. The van der Waals surface area contributed by atoms with Crippen molar-refractivity contribution < 1.29 is 0 Å². The van der Waals surface area contributed by atoms with Gasteiger partial charge in [0, 0.05) is 11.9 Å². The summed E-state index contributed by atoms with van der Waals surface area (Å²) < 4.78 is 0.316. The summed E-state index contributed by atoms with van der Waals surface area (Å²) in [5.41, 5.74) is 2.38. The van der Waals surface area contributed by atoms with E-state index in [1.54, 1.807) is 6.08 Å². The first-order valence-electron chi connectivity index (χ1n) is 3.64. The molecule has 0 saturated heterocycles. The summed E-state index contributed by atoms with van der Waals surface area (Å²) in [4.78, 5) is 3.00. The lowest BCUT2D eigenvalue weighted by atomic mass is 10.2. The molecule has 13 heavy (non-hydrogen) atoms. The lowest BCUT2D eigenvalue weighted by molar-refractivity contribution is 1.34. The van der Waals surface area contributed by atoms with E-state index in [4.69, 9.17) is 17.5 Å². The fraction of sp³-hybridized carbons (Fsp3) is 0.111. The van der Waals surface area contributed by atoms with Crippen LogP contribution in [0.4, 0.5) is 0 Å². The molecule has 1 heterocycles. The molecule has 1 aromatic rings. The van der Waals surface area contributed by atoms with Crippen molar-refractivity contribution in [2.75, 3.05) is 0 Å². The predicted molar refractivity (Wildman–Crippen MR) is 60.7 cm³/mol. The normalized spacial score (nSPS) is 11.0. The van der Waals surface area contributed by atoms with Gasteiger partial charge >= 0.3 is 0 Å². The second-order valence-electron chi connectivity index (χ2n) is 2.55. The van der Waals surface area contributed by atoms with Crippen LogP contribution in [0.25, 0.3) is 6.08 Å². The van der Waals surface area contributed by atoms with Gasteiger partial charge in [-0.05, 0) is 24.6 Å². The molecule has 0 aliphatic rings. The molecule has 0 amide bonds. The Morgan fingerprint density at radius 1 is 1.77 bits per heavy atom. The SMILES string of the molecule is Cc1cc[nH]c1/C=C(\C#N)C(=S)S. The van der Waals surface area contributed by atoms with Gasteiger partial charge in [0.05, 0.1) is 9.77 Å². The van der Waals surface area contributed by atoms with Crippen molar-refractivity contribution >= 4 is 35.1 Å². The molecule has 0 aliphatic carbocycles. The largest absolute Gasteiger partial charge is 0.361 e. The van der Waals surface area contributed by atoms with Crippen LogP contribution in [0.2, 0.25) is 0 Å². The number of aromatic amines is 1. The van der Waals surface area contributed by atoms with Crippen LogP contribution in [-0.4, -0.2) is 9.18 Å². The fourth-order valence-corrected chi connectivity index (χ4v) is 1.12. The molecular formula is C9H8N2S2. The summed E-state index contributed by atoms with van der Waals surface area (Å²) in [5.74, 6) is 0. The van der Waals surface area contributed by atoms with Gasteiger partial charge < -0.3 is 4.98 Å². The monoisotopic (exact) mass is 208 g/mol. The highest BCUT2D eigenvalue weighted by Crippen LogP contribution is 2.11. The standard InChI is InChI=1S/C9H8N2S2/c1-6-2-3-11-8(6)4-7(5-10)9(12)13/h2-4,11H,1H3,(H,12,13)/b7-4+. The number of thiol groups is 1. The lowest BCUT2D eigenvalue weighted by Crippen LogP contribution is -1.87. The first-order valence-corrected chi connectivity index (χ1v) is 4.49. The summed E-state index contributed by atoms with van der Waals surface area (Å²) in [6.45, 7) is 1.96. The minimum absolute atomic E-state index is 0.316. The fourth-order valence-electron chi connectivity index (χ4n) is 0.902. The third-order valence-corrected chi connectivity index (χ3v) is 2.10. The first-order chi connectivity index (χ1) is 6.15. The van der Waals surface area contributed by atoms with E-state index >= 15 is 0 Å². The molecule has 0 saturated carbocycles. The second kappa shape index (κ2) is 4.26. The van der Waals surface area contributed by atoms with Crippen LogP contribution >= 0.6 is 24.8 Å². The highest BCUT2D eigenvalue weighted by atomic mass is 32.1. The van der Waals surface area contributed by atoms with E-state index in [2.05, 4.69) is 17.6 Å². The lowest BCUT2D eigenvalue weighted by Gasteiger charge is -1.93. The van der Waals surface area contributed by atoms with Crippen molar-refractivity contribution in [1.82, 2.24) is 4.98 Å². The maximum Gasteiger partial charge on any atom is 0.101 e. The minimum Gasteiger partial charge on any atom is -0.361 e. The van der Waals surface area contributed by atoms with Crippen molar-refractivity contribution in [3.05, 3.63) is 29.1 Å². The Morgan fingerprint density at radius 2 is 2.46 bits per heavy atom. The van der Waals surface area contributed by atoms with Gasteiger partial charge in [-0.2, -0.15) is 5.26 Å². The van der Waals surface area contributed by atoms with Gasteiger partial charge in [0.1, 0.15) is 6.07 Å². The van der Waals surface area contributed by atoms with E-state index in [1.165, 1.54) is 0 Å². The van der Waals surface area contributed by atoms with Crippen LogP contribution < -0.4 is 0 Å². The molecule has 1 N–H and O–H groups in total. The van der Waals surface area contributed by atoms with Crippen molar-refractivity contribution in [2.45, 2.75) is 6.92 Å². The Hall–Kier alpha value is -1.05. The number of thiocarbonyl (C=S) groups is 1.